The fourth-order valence-corrected chi connectivity index (χ4v) is 2.06. The largest absolute Gasteiger partial charge is 0.389 e. The van der Waals surface area contributed by atoms with Crippen molar-refractivity contribution in [1.82, 2.24) is 0 Å². The molecule has 1 N–H and O–H groups in total. The third-order valence-electron chi connectivity index (χ3n) is 3.26. The van der Waals surface area contributed by atoms with Crippen LogP contribution >= 0.6 is 0 Å². The van der Waals surface area contributed by atoms with Gasteiger partial charge in [-0.1, -0.05) is 38.3 Å². The van der Waals surface area contributed by atoms with Crippen molar-refractivity contribution in [2.45, 2.75) is 51.6 Å². The fourth-order valence-electron chi connectivity index (χ4n) is 2.06. The molecule has 0 heterocycles. The van der Waals surface area contributed by atoms with Gasteiger partial charge in [-0.05, 0) is 19.8 Å². The van der Waals surface area contributed by atoms with E-state index in [9.17, 15) is 5.11 Å². The maximum Gasteiger partial charge on any atom is 0.0709 e. The van der Waals surface area contributed by atoms with E-state index in [0.29, 0.717) is 0 Å². The van der Waals surface area contributed by atoms with Crippen molar-refractivity contribution in [2.24, 2.45) is 5.92 Å². The average molecular weight is 168 g/mol. The molecule has 0 radical (unpaired) electrons. The molecule has 0 aromatic rings. The molecular formula is C11H20O. The molecule has 1 atom stereocenters. The molecule has 1 nitrogen and oxygen atoms in total. The first-order valence-corrected chi connectivity index (χ1v) is 4.94. The van der Waals surface area contributed by atoms with E-state index in [-0.39, 0.29) is 5.92 Å². The van der Waals surface area contributed by atoms with Crippen molar-refractivity contribution < 1.29 is 5.11 Å². The molecule has 12 heavy (non-hydrogen) atoms. The van der Waals surface area contributed by atoms with E-state index in [4.69, 9.17) is 0 Å². The van der Waals surface area contributed by atoms with Crippen molar-refractivity contribution in [3.05, 3.63) is 12.2 Å². The van der Waals surface area contributed by atoms with E-state index in [1.165, 1.54) is 19.3 Å². The van der Waals surface area contributed by atoms with Gasteiger partial charge >= 0.3 is 0 Å². The van der Waals surface area contributed by atoms with Crippen LogP contribution in [0.5, 0.6) is 0 Å². The molecule has 0 aromatic carbocycles. The predicted octanol–water partition coefficient (Wildman–Crippen LogP) is 2.89. The third kappa shape index (κ3) is 1.89. The van der Waals surface area contributed by atoms with Crippen molar-refractivity contribution in [3.63, 3.8) is 0 Å². The van der Waals surface area contributed by atoms with Gasteiger partial charge in [-0.2, -0.15) is 0 Å². The summed E-state index contributed by atoms with van der Waals surface area (Å²) in [5.41, 5.74) is 0.670. The summed E-state index contributed by atoms with van der Waals surface area (Å²) >= 11 is 0. The van der Waals surface area contributed by atoms with Crippen LogP contribution in [0, 0.1) is 5.92 Å². The Morgan fingerprint density at radius 1 is 1.33 bits per heavy atom. The van der Waals surface area contributed by atoms with Crippen LogP contribution in [-0.2, 0) is 0 Å². The Hall–Kier alpha value is -0.300. The summed E-state index contributed by atoms with van der Waals surface area (Å²) in [6.07, 6.45) is 5.55. The van der Waals surface area contributed by atoms with Gasteiger partial charge in [0.25, 0.3) is 0 Å². The Morgan fingerprint density at radius 2 is 1.83 bits per heavy atom. The van der Waals surface area contributed by atoms with E-state index in [0.717, 1.165) is 18.4 Å². The lowest BCUT2D eigenvalue weighted by atomic mass is 9.74. The first kappa shape index (κ1) is 9.79. The van der Waals surface area contributed by atoms with E-state index in [1.54, 1.807) is 0 Å². The maximum atomic E-state index is 10.2. The molecule has 1 fully saturated rings. The van der Waals surface area contributed by atoms with Crippen LogP contribution in [0.2, 0.25) is 0 Å². The normalized spacial score (nSPS) is 24.9. The van der Waals surface area contributed by atoms with Crippen LogP contribution in [0.15, 0.2) is 12.2 Å². The quantitative estimate of drug-likeness (QED) is 0.629. The topological polar surface area (TPSA) is 20.2 Å². The van der Waals surface area contributed by atoms with Gasteiger partial charge in [-0.3, -0.25) is 0 Å². The first-order valence-electron chi connectivity index (χ1n) is 4.94. The lowest BCUT2D eigenvalue weighted by Gasteiger charge is -2.37. The summed E-state index contributed by atoms with van der Waals surface area (Å²) in [7, 11) is 0. The van der Waals surface area contributed by atoms with Gasteiger partial charge in [0, 0.05) is 5.92 Å². The lowest BCUT2D eigenvalue weighted by molar-refractivity contribution is -0.0307. The summed E-state index contributed by atoms with van der Waals surface area (Å²) in [6, 6.07) is 0. The van der Waals surface area contributed by atoms with Crippen molar-refractivity contribution in [2.75, 3.05) is 0 Å². The SMILES string of the molecule is C=C(C)[C@H](C)C1(O)CCCCC1. The van der Waals surface area contributed by atoms with Crippen LogP contribution < -0.4 is 0 Å². The molecule has 0 aliphatic heterocycles. The smallest absolute Gasteiger partial charge is 0.0709 e. The zero-order valence-electron chi connectivity index (χ0n) is 8.27. The summed E-state index contributed by atoms with van der Waals surface area (Å²) in [5.74, 6) is 0.262. The molecule has 0 aromatic heterocycles. The first-order chi connectivity index (χ1) is 5.56. The Kier molecular flexibility index (Phi) is 2.94. The molecule has 0 bridgehead atoms. The number of rotatable bonds is 2. The van der Waals surface area contributed by atoms with Crippen LogP contribution in [0.3, 0.4) is 0 Å². The van der Waals surface area contributed by atoms with Gasteiger partial charge in [0.05, 0.1) is 5.60 Å². The fraction of sp³-hybridized carbons (Fsp3) is 0.818. The lowest BCUT2D eigenvalue weighted by Crippen LogP contribution is -2.38. The highest BCUT2D eigenvalue weighted by molar-refractivity contribution is 5.04. The van der Waals surface area contributed by atoms with Gasteiger partial charge in [-0.15, -0.1) is 0 Å². The molecule has 1 saturated carbocycles. The summed E-state index contributed by atoms with van der Waals surface area (Å²) in [5, 5.41) is 10.2. The van der Waals surface area contributed by atoms with Crippen LogP contribution in [-0.4, -0.2) is 10.7 Å². The van der Waals surface area contributed by atoms with E-state index < -0.39 is 5.60 Å². The molecule has 1 heteroatoms. The highest BCUT2D eigenvalue weighted by Crippen LogP contribution is 2.36. The molecule has 0 saturated heterocycles. The van der Waals surface area contributed by atoms with Crippen molar-refractivity contribution in [1.29, 1.82) is 0 Å². The average Bonchev–Trinajstić information content (AvgIpc) is 2.04. The molecule has 0 unspecified atom stereocenters. The van der Waals surface area contributed by atoms with Crippen LogP contribution in [0.25, 0.3) is 0 Å². The second-order valence-electron chi connectivity index (χ2n) is 4.23. The molecular weight excluding hydrogens is 148 g/mol. The zero-order valence-corrected chi connectivity index (χ0v) is 8.27. The summed E-state index contributed by atoms with van der Waals surface area (Å²) in [6.45, 7) is 8.02. The molecule has 1 rings (SSSR count). The maximum absolute atomic E-state index is 10.2. The second kappa shape index (κ2) is 3.61. The molecule has 1 aliphatic carbocycles. The molecule has 70 valence electrons. The van der Waals surface area contributed by atoms with Gasteiger partial charge in [0.1, 0.15) is 0 Å². The standard InChI is InChI=1S/C11H20O/c1-9(2)10(3)11(12)7-5-4-6-8-11/h10,12H,1,4-8H2,2-3H3/t10-/m0/s1. The van der Waals surface area contributed by atoms with Gasteiger partial charge in [-0.25, -0.2) is 0 Å². The summed E-state index contributed by atoms with van der Waals surface area (Å²) < 4.78 is 0. The number of hydrogen-bond acceptors (Lipinski definition) is 1. The van der Waals surface area contributed by atoms with Crippen molar-refractivity contribution >= 4 is 0 Å². The Balaban J connectivity index is 2.62. The Bertz CT molecular complexity index is 166. The molecule has 0 amide bonds. The monoisotopic (exact) mass is 168 g/mol. The number of aliphatic hydroxyl groups is 1. The van der Waals surface area contributed by atoms with E-state index >= 15 is 0 Å². The highest BCUT2D eigenvalue weighted by atomic mass is 16.3. The van der Waals surface area contributed by atoms with Crippen LogP contribution in [0.1, 0.15) is 46.0 Å². The molecule has 1 aliphatic rings. The van der Waals surface area contributed by atoms with Gasteiger partial charge in [0.2, 0.25) is 0 Å². The Labute approximate surface area is 75.5 Å². The van der Waals surface area contributed by atoms with E-state index in [1.807, 2.05) is 6.92 Å². The van der Waals surface area contributed by atoms with E-state index in [2.05, 4.69) is 13.5 Å². The van der Waals surface area contributed by atoms with Crippen LogP contribution in [0.4, 0.5) is 0 Å². The van der Waals surface area contributed by atoms with Gasteiger partial charge < -0.3 is 5.11 Å². The minimum Gasteiger partial charge on any atom is -0.389 e. The molecule has 0 spiro atoms. The number of hydrogen-bond donors (Lipinski definition) is 1. The predicted molar refractivity (Wildman–Crippen MR) is 52.0 cm³/mol. The summed E-state index contributed by atoms with van der Waals surface area (Å²) in [4.78, 5) is 0. The van der Waals surface area contributed by atoms with Gasteiger partial charge in [0.15, 0.2) is 0 Å². The second-order valence-corrected chi connectivity index (χ2v) is 4.23. The minimum atomic E-state index is -0.440. The van der Waals surface area contributed by atoms with Crippen molar-refractivity contribution in [3.8, 4) is 0 Å². The minimum absolute atomic E-state index is 0.262. The third-order valence-corrected chi connectivity index (χ3v) is 3.26. The highest BCUT2D eigenvalue weighted by Gasteiger charge is 2.34. The Morgan fingerprint density at radius 3 is 2.25 bits per heavy atom. The zero-order chi connectivity index (χ0) is 9.19.